The molecule has 4 nitrogen and oxygen atoms in total. The molecule has 1 aliphatic rings. The Kier molecular flexibility index (Phi) is 3.55. The molecule has 1 heterocycles. The second-order valence-corrected chi connectivity index (χ2v) is 5.83. The summed E-state index contributed by atoms with van der Waals surface area (Å²) >= 11 is 0. The molecule has 3 unspecified atom stereocenters. The van der Waals surface area contributed by atoms with Crippen LogP contribution in [0.4, 0.5) is 0 Å². The molecule has 110 valence electrons. The maximum Gasteiger partial charge on any atom is 0.223 e. The van der Waals surface area contributed by atoms with Gasteiger partial charge in [-0.1, -0.05) is 30.3 Å². The Morgan fingerprint density at radius 2 is 2.10 bits per heavy atom. The first-order chi connectivity index (χ1) is 10.1. The summed E-state index contributed by atoms with van der Waals surface area (Å²) < 4.78 is 5.20. The van der Waals surface area contributed by atoms with Crippen molar-refractivity contribution in [3.63, 3.8) is 0 Å². The molecule has 2 aromatic rings. The van der Waals surface area contributed by atoms with E-state index in [0.717, 1.165) is 6.42 Å². The van der Waals surface area contributed by atoms with Gasteiger partial charge in [-0.15, -0.1) is 0 Å². The smallest absolute Gasteiger partial charge is 0.223 e. The van der Waals surface area contributed by atoms with Crippen LogP contribution in [-0.4, -0.2) is 17.6 Å². The molecule has 1 aromatic carbocycles. The zero-order valence-corrected chi connectivity index (χ0v) is 12.0. The third-order valence-electron chi connectivity index (χ3n) is 4.01. The fourth-order valence-corrected chi connectivity index (χ4v) is 2.62. The number of carbonyl (C=O) groups is 1. The van der Waals surface area contributed by atoms with Gasteiger partial charge >= 0.3 is 0 Å². The molecule has 1 fully saturated rings. The zero-order chi connectivity index (χ0) is 14.9. The average molecular weight is 285 g/mol. The highest BCUT2D eigenvalue weighted by atomic mass is 16.4. The van der Waals surface area contributed by atoms with Gasteiger partial charge in [-0.25, -0.2) is 0 Å². The fourth-order valence-electron chi connectivity index (χ4n) is 2.62. The third-order valence-corrected chi connectivity index (χ3v) is 4.01. The SMILES string of the molecule is CC(O)(CNC(=O)C1CC1c1ccccc1)c1ccco1. The molecule has 1 saturated carbocycles. The molecular weight excluding hydrogens is 266 g/mol. The standard InChI is InChI=1S/C17H19NO3/c1-17(20,15-8-5-9-21-15)11-18-16(19)14-10-13(14)12-6-3-2-4-7-12/h2-9,13-14,20H,10-11H2,1H3,(H,18,19). The van der Waals surface area contributed by atoms with Crippen LogP contribution >= 0.6 is 0 Å². The summed E-state index contributed by atoms with van der Waals surface area (Å²) in [6.07, 6.45) is 2.39. The number of nitrogens with one attached hydrogen (secondary N) is 1. The Labute approximate surface area is 123 Å². The minimum absolute atomic E-state index is 0.00400. The number of hydrogen-bond acceptors (Lipinski definition) is 3. The van der Waals surface area contributed by atoms with E-state index in [9.17, 15) is 9.90 Å². The van der Waals surface area contributed by atoms with Crippen LogP contribution in [0.2, 0.25) is 0 Å². The zero-order valence-electron chi connectivity index (χ0n) is 12.0. The lowest BCUT2D eigenvalue weighted by atomic mass is 10.0. The number of amides is 1. The number of aliphatic hydroxyl groups is 1. The molecule has 0 spiro atoms. The number of hydrogen-bond donors (Lipinski definition) is 2. The van der Waals surface area contributed by atoms with Crippen molar-refractivity contribution in [3.8, 4) is 0 Å². The molecule has 1 aliphatic carbocycles. The van der Waals surface area contributed by atoms with Gasteiger partial charge in [0, 0.05) is 5.92 Å². The van der Waals surface area contributed by atoms with Crippen molar-refractivity contribution in [2.24, 2.45) is 5.92 Å². The van der Waals surface area contributed by atoms with Crippen LogP contribution in [-0.2, 0) is 10.4 Å². The maximum atomic E-state index is 12.2. The van der Waals surface area contributed by atoms with Gasteiger partial charge in [0.2, 0.25) is 5.91 Å². The van der Waals surface area contributed by atoms with E-state index in [-0.39, 0.29) is 18.4 Å². The molecule has 21 heavy (non-hydrogen) atoms. The molecule has 1 amide bonds. The molecule has 2 N–H and O–H groups in total. The van der Waals surface area contributed by atoms with Gasteiger partial charge in [-0.3, -0.25) is 4.79 Å². The minimum atomic E-state index is -1.18. The first-order valence-electron chi connectivity index (χ1n) is 7.17. The second-order valence-electron chi connectivity index (χ2n) is 5.83. The molecule has 3 rings (SSSR count). The largest absolute Gasteiger partial charge is 0.466 e. The minimum Gasteiger partial charge on any atom is -0.466 e. The fraction of sp³-hybridized carbons (Fsp3) is 0.353. The predicted molar refractivity (Wildman–Crippen MR) is 78.6 cm³/mol. The van der Waals surface area contributed by atoms with Gasteiger partial charge in [-0.05, 0) is 37.0 Å². The molecule has 0 radical (unpaired) electrons. The summed E-state index contributed by atoms with van der Waals surface area (Å²) in [6.45, 7) is 1.78. The Balaban J connectivity index is 1.54. The number of benzene rings is 1. The van der Waals surface area contributed by atoms with Crippen molar-refractivity contribution in [1.82, 2.24) is 5.32 Å². The summed E-state index contributed by atoms with van der Waals surface area (Å²) in [7, 11) is 0. The molecular formula is C17H19NO3. The predicted octanol–water partition coefficient (Wildman–Crippen LogP) is 2.41. The van der Waals surface area contributed by atoms with Crippen molar-refractivity contribution in [3.05, 3.63) is 60.1 Å². The van der Waals surface area contributed by atoms with E-state index < -0.39 is 5.60 Å². The van der Waals surface area contributed by atoms with Crippen molar-refractivity contribution in [1.29, 1.82) is 0 Å². The van der Waals surface area contributed by atoms with E-state index in [2.05, 4.69) is 17.4 Å². The van der Waals surface area contributed by atoms with Crippen molar-refractivity contribution >= 4 is 5.91 Å². The van der Waals surface area contributed by atoms with Crippen LogP contribution in [0.15, 0.2) is 53.1 Å². The maximum absolute atomic E-state index is 12.2. The van der Waals surface area contributed by atoms with E-state index in [1.54, 1.807) is 19.1 Å². The van der Waals surface area contributed by atoms with Crippen LogP contribution in [0.5, 0.6) is 0 Å². The molecule has 4 heteroatoms. The van der Waals surface area contributed by atoms with Gasteiger partial charge < -0.3 is 14.8 Å². The van der Waals surface area contributed by atoms with Gasteiger partial charge in [-0.2, -0.15) is 0 Å². The lowest BCUT2D eigenvalue weighted by molar-refractivity contribution is -0.123. The van der Waals surface area contributed by atoms with Gasteiger partial charge in [0.15, 0.2) is 0 Å². The Morgan fingerprint density at radius 3 is 2.76 bits per heavy atom. The summed E-state index contributed by atoms with van der Waals surface area (Å²) in [5, 5.41) is 13.1. The number of carbonyl (C=O) groups excluding carboxylic acids is 1. The van der Waals surface area contributed by atoms with Crippen LogP contribution in [0.25, 0.3) is 0 Å². The molecule has 0 saturated heterocycles. The highest BCUT2D eigenvalue weighted by Gasteiger charge is 2.44. The third kappa shape index (κ3) is 3.00. The summed E-state index contributed by atoms with van der Waals surface area (Å²) in [5.41, 5.74) is 0.0199. The molecule has 0 aliphatic heterocycles. The van der Waals surface area contributed by atoms with Crippen LogP contribution in [0, 0.1) is 5.92 Å². The van der Waals surface area contributed by atoms with Crippen LogP contribution < -0.4 is 5.32 Å². The van der Waals surface area contributed by atoms with Crippen LogP contribution in [0.3, 0.4) is 0 Å². The van der Waals surface area contributed by atoms with E-state index in [4.69, 9.17) is 4.42 Å². The normalized spacial score (nSPS) is 23.3. The quantitative estimate of drug-likeness (QED) is 0.886. The number of furan rings is 1. The second kappa shape index (κ2) is 5.37. The lowest BCUT2D eigenvalue weighted by Gasteiger charge is -2.21. The summed E-state index contributed by atoms with van der Waals surface area (Å²) in [5.74, 6) is 0.772. The Bertz CT molecular complexity index is 604. The summed E-state index contributed by atoms with van der Waals surface area (Å²) in [4.78, 5) is 12.2. The van der Waals surface area contributed by atoms with Gasteiger partial charge in [0.25, 0.3) is 0 Å². The van der Waals surface area contributed by atoms with E-state index >= 15 is 0 Å². The number of rotatable bonds is 5. The lowest BCUT2D eigenvalue weighted by Crippen LogP contribution is -2.39. The van der Waals surface area contributed by atoms with Crippen molar-refractivity contribution in [2.45, 2.75) is 24.9 Å². The highest BCUT2D eigenvalue weighted by molar-refractivity contribution is 5.82. The van der Waals surface area contributed by atoms with E-state index in [1.165, 1.54) is 11.8 Å². The average Bonchev–Trinajstić information content (AvgIpc) is 3.09. The topological polar surface area (TPSA) is 62.5 Å². The highest BCUT2D eigenvalue weighted by Crippen LogP contribution is 2.47. The van der Waals surface area contributed by atoms with Gasteiger partial charge in [0.1, 0.15) is 11.4 Å². The van der Waals surface area contributed by atoms with E-state index in [0.29, 0.717) is 11.7 Å². The molecule has 1 aromatic heterocycles. The molecule has 0 bridgehead atoms. The van der Waals surface area contributed by atoms with Crippen molar-refractivity contribution < 1.29 is 14.3 Å². The van der Waals surface area contributed by atoms with Crippen molar-refractivity contribution in [2.75, 3.05) is 6.54 Å². The first-order valence-corrected chi connectivity index (χ1v) is 7.17. The van der Waals surface area contributed by atoms with Crippen LogP contribution in [0.1, 0.15) is 30.6 Å². The van der Waals surface area contributed by atoms with Gasteiger partial charge in [0.05, 0.1) is 12.8 Å². The first kappa shape index (κ1) is 13.9. The summed E-state index contributed by atoms with van der Waals surface area (Å²) in [6, 6.07) is 13.5. The van der Waals surface area contributed by atoms with E-state index in [1.807, 2.05) is 18.2 Å². The Morgan fingerprint density at radius 1 is 1.33 bits per heavy atom. The monoisotopic (exact) mass is 285 g/mol. The Hall–Kier alpha value is -2.07. The molecule has 3 atom stereocenters.